The van der Waals surface area contributed by atoms with E-state index in [0.717, 1.165) is 25.9 Å². The summed E-state index contributed by atoms with van der Waals surface area (Å²) in [7, 11) is 1.25. The first-order chi connectivity index (χ1) is 13.5. The molecule has 0 bridgehead atoms. The highest BCUT2D eigenvalue weighted by Crippen LogP contribution is 2.30. The third-order valence-corrected chi connectivity index (χ3v) is 4.93. The Morgan fingerprint density at radius 2 is 2.00 bits per heavy atom. The first-order valence-electron chi connectivity index (χ1n) is 9.13. The van der Waals surface area contributed by atoms with Crippen molar-refractivity contribution in [2.45, 2.75) is 12.8 Å². The van der Waals surface area contributed by atoms with E-state index in [4.69, 9.17) is 15.6 Å². The quantitative estimate of drug-likeness (QED) is 0.564. The van der Waals surface area contributed by atoms with E-state index in [2.05, 4.69) is 10.2 Å². The van der Waals surface area contributed by atoms with Crippen molar-refractivity contribution in [3.05, 3.63) is 35.0 Å². The van der Waals surface area contributed by atoms with E-state index in [-0.39, 0.29) is 31.0 Å². The van der Waals surface area contributed by atoms with E-state index in [1.807, 2.05) is 0 Å². The smallest absolute Gasteiger partial charge is 0.337 e. The average molecular weight is 388 g/mol. The Kier molecular flexibility index (Phi) is 5.84. The second kappa shape index (κ2) is 8.30. The summed E-state index contributed by atoms with van der Waals surface area (Å²) < 4.78 is 4.78. The van der Waals surface area contributed by atoms with Crippen LogP contribution in [0.4, 0.5) is 11.4 Å². The number of β-amino-alcohol motifs (C(OH)–C–C–N with tert-alkyl or cyclic N) is 1. The molecule has 0 atom stereocenters. The molecule has 2 heterocycles. The molecule has 2 aliphatic rings. The molecule has 9 heteroatoms. The number of aliphatic hydroxyl groups is 1. The van der Waals surface area contributed by atoms with E-state index < -0.39 is 17.8 Å². The molecule has 1 saturated heterocycles. The number of esters is 1. The van der Waals surface area contributed by atoms with Crippen molar-refractivity contribution >= 4 is 29.2 Å². The van der Waals surface area contributed by atoms with Crippen LogP contribution in [-0.2, 0) is 14.3 Å². The Balaban J connectivity index is 1.94. The summed E-state index contributed by atoms with van der Waals surface area (Å²) in [4.78, 5) is 40.0. The number of nitrogens with two attached hydrogens (primary N) is 1. The molecule has 2 aliphatic heterocycles. The molecule has 0 aromatic heterocycles. The topological polar surface area (TPSA) is 125 Å². The summed E-state index contributed by atoms with van der Waals surface area (Å²) in [5.74, 6) is -1.52. The van der Waals surface area contributed by atoms with Gasteiger partial charge in [0.1, 0.15) is 5.70 Å². The Bertz CT molecular complexity index is 830. The molecular formula is C19H24N4O5. The summed E-state index contributed by atoms with van der Waals surface area (Å²) in [6.45, 7) is 1.61. The van der Waals surface area contributed by atoms with Crippen LogP contribution in [0, 0.1) is 0 Å². The minimum atomic E-state index is -0.607. The molecule has 3 rings (SSSR count). The van der Waals surface area contributed by atoms with Gasteiger partial charge in [-0.05, 0) is 31.0 Å². The molecule has 0 saturated carbocycles. The largest absolute Gasteiger partial charge is 0.466 e. The third kappa shape index (κ3) is 3.79. The number of hydrogen-bond acceptors (Lipinski definition) is 7. The molecular weight excluding hydrogens is 364 g/mol. The second-order valence-electron chi connectivity index (χ2n) is 6.71. The number of hydrogen-bond donors (Lipinski definition) is 3. The molecule has 4 N–H and O–H groups in total. The number of primary amides is 1. The molecule has 1 aromatic rings. The van der Waals surface area contributed by atoms with Crippen LogP contribution in [0.3, 0.4) is 0 Å². The maximum atomic E-state index is 12.6. The van der Waals surface area contributed by atoms with E-state index in [0.29, 0.717) is 16.9 Å². The van der Waals surface area contributed by atoms with Gasteiger partial charge >= 0.3 is 5.97 Å². The van der Waals surface area contributed by atoms with Crippen LogP contribution in [0.15, 0.2) is 29.5 Å². The summed E-state index contributed by atoms with van der Waals surface area (Å²) in [5.41, 5.74) is 7.49. The maximum Gasteiger partial charge on any atom is 0.337 e. The minimum Gasteiger partial charge on any atom is -0.466 e. The number of nitrogens with one attached hydrogen (secondary N) is 1. The fourth-order valence-electron chi connectivity index (χ4n) is 3.53. The summed E-state index contributed by atoms with van der Waals surface area (Å²) in [6, 6.07) is 5.01. The van der Waals surface area contributed by atoms with Gasteiger partial charge in [0.15, 0.2) is 0 Å². The summed E-state index contributed by atoms with van der Waals surface area (Å²) in [5, 5.41) is 12.1. The molecule has 150 valence electrons. The molecule has 0 radical (unpaired) electrons. The van der Waals surface area contributed by atoms with E-state index >= 15 is 0 Å². The molecule has 2 amide bonds. The Morgan fingerprint density at radius 3 is 2.61 bits per heavy atom. The molecule has 0 spiro atoms. The number of benzene rings is 1. The lowest BCUT2D eigenvalue weighted by atomic mass is 10.1. The van der Waals surface area contributed by atoms with E-state index in [1.165, 1.54) is 12.0 Å². The minimum absolute atomic E-state index is 0.0623. The Labute approximate surface area is 162 Å². The van der Waals surface area contributed by atoms with Crippen molar-refractivity contribution in [2.75, 3.05) is 50.1 Å². The lowest BCUT2D eigenvalue weighted by Crippen LogP contribution is -2.31. The van der Waals surface area contributed by atoms with Crippen molar-refractivity contribution in [2.24, 2.45) is 5.73 Å². The lowest BCUT2D eigenvalue weighted by Gasteiger charge is -2.22. The fourth-order valence-corrected chi connectivity index (χ4v) is 3.53. The number of ether oxygens (including phenoxy) is 1. The van der Waals surface area contributed by atoms with Gasteiger partial charge in [-0.2, -0.15) is 0 Å². The molecule has 9 nitrogen and oxygen atoms in total. The van der Waals surface area contributed by atoms with Crippen LogP contribution in [0.1, 0.15) is 23.2 Å². The highest BCUT2D eigenvalue weighted by Gasteiger charge is 2.34. The van der Waals surface area contributed by atoms with Gasteiger partial charge in [0.2, 0.25) is 0 Å². The van der Waals surface area contributed by atoms with Crippen LogP contribution in [0.2, 0.25) is 0 Å². The average Bonchev–Trinajstić information content (AvgIpc) is 3.32. The van der Waals surface area contributed by atoms with Crippen LogP contribution in [0.25, 0.3) is 0 Å². The van der Waals surface area contributed by atoms with Gasteiger partial charge in [-0.3, -0.25) is 9.59 Å². The van der Waals surface area contributed by atoms with Crippen LogP contribution in [0.5, 0.6) is 0 Å². The van der Waals surface area contributed by atoms with E-state index in [1.54, 1.807) is 18.2 Å². The zero-order valence-corrected chi connectivity index (χ0v) is 15.7. The van der Waals surface area contributed by atoms with Gasteiger partial charge in [-0.25, -0.2) is 4.79 Å². The molecule has 0 aliphatic carbocycles. The van der Waals surface area contributed by atoms with Gasteiger partial charge < -0.3 is 30.7 Å². The highest BCUT2D eigenvalue weighted by atomic mass is 16.5. The molecule has 1 aromatic carbocycles. The van der Waals surface area contributed by atoms with Crippen molar-refractivity contribution in [1.29, 1.82) is 0 Å². The number of anilines is 2. The number of aliphatic hydroxyl groups excluding tert-OH is 1. The van der Waals surface area contributed by atoms with Crippen LogP contribution in [-0.4, -0.2) is 67.7 Å². The number of carbonyl (C=O) groups is 3. The third-order valence-electron chi connectivity index (χ3n) is 4.93. The number of rotatable bonds is 7. The van der Waals surface area contributed by atoms with Crippen LogP contribution >= 0.6 is 0 Å². The number of methoxy groups -OCH3 is 1. The number of amides is 2. The molecule has 0 unspecified atom stereocenters. The van der Waals surface area contributed by atoms with Crippen molar-refractivity contribution in [3.63, 3.8) is 0 Å². The Morgan fingerprint density at radius 1 is 1.29 bits per heavy atom. The maximum absolute atomic E-state index is 12.6. The monoisotopic (exact) mass is 388 g/mol. The molecule has 28 heavy (non-hydrogen) atoms. The van der Waals surface area contributed by atoms with E-state index in [9.17, 15) is 14.4 Å². The second-order valence-corrected chi connectivity index (χ2v) is 6.71. The fraction of sp³-hybridized carbons (Fsp3) is 0.421. The van der Waals surface area contributed by atoms with Crippen molar-refractivity contribution in [3.8, 4) is 0 Å². The first-order valence-corrected chi connectivity index (χ1v) is 9.13. The standard InChI is InChI=1S/C19H24N4O5/c1-28-19(27)14-11-23(8-9-24)18(26)16(14)21-12-4-5-13(17(20)25)15(10-12)22-6-2-3-7-22/h4-5,10,21,24H,2-3,6-9,11H2,1H3,(H2,20,25). The normalized spacial score (nSPS) is 16.7. The van der Waals surface area contributed by atoms with Crippen molar-refractivity contribution < 1.29 is 24.2 Å². The van der Waals surface area contributed by atoms with Gasteiger partial charge in [0.05, 0.1) is 37.1 Å². The van der Waals surface area contributed by atoms with Crippen molar-refractivity contribution in [1.82, 2.24) is 4.90 Å². The predicted octanol–water partition coefficient (Wildman–Crippen LogP) is 0.0592. The number of nitrogens with zero attached hydrogens (tertiary/aromatic N) is 2. The lowest BCUT2D eigenvalue weighted by molar-refractivity contribution is -0.136. The van der Waals surface area contributed by atoms with Gasteiger partial charge in [0, 0.05) is 25.3 Å². The predicted molar refractivity (Wildman–Crippen MR) is 103 cm³/mol. The van der Waals surface area contributed by atoms with Gasteiger partial charge in [0.25, 0.3) is 11.8 Å². The van der Waals surface area contributed by atoms with Crippen LogP contribution < -0.4 is 16.0 Å². The van der Waals surface area contributed by atoms with Gasteiger partial charge in [-0.1, -0.05) is 0 Å². The zero-order valence-electron chi connectivity index (χ0n) is 15.7. The SMILES string of the molecule is COC(=O)C1=C(Nc2ccc(C(N)=O)c(N3CCCC3)c2)C(=O)N(CCO)C1. The molecule has 1 fully saturated rings. The van der Waals surface area contributed by atoms with Gasteiger partial charge in [-0.15, -0.1) is 0 Å². The number of carbonyl (C=O) groups excluding carboxylic acids is 3. The Hall–Kier alpha value is -3.07. The summed E-state index contributed by atoms with van der Waals surface area (Å²) >= 11 is 0. The first kappa shape index (κ1) is 19.7. The summed E-state index contributed by atoms with van der Waals surface area (Å²) in [6.07, 6.45) is 2.06. The zero-order chi connectivity index (χ0) is 20.3. The highest BCUT2D eigenvalue weighted by molar-refractivity contribution is 6.08.